The van der Waals surface area contributed by atoms with Gasteiger partial charge in [-0.3, -0.25) is 9.59 Å². The monoisotopic (exact) mass is 378 g/mol. The summed E-state index contributed by atoms with van der Waals surface area (Å²) in [5.74, 6) is -1.02. The van der Waals surface area contributed by atoms with Crippen LogP contribution in [0.4, 0.5) is 0 Å². The summed E-state index contributed by atoms with van der Waals surface area (Å²) in [6, 6.07) is 12.3. The van der Waals surface area contributed by atoms with Crippen LogP contribution in [0, 0.1) is 0 Å². The molecule has 0 aliphatic rings. The van der Waals surface area contributed by atoms with Gasteiger partial charge >= 0.3 is 5.97 Å². The third-order valence-electron chi connectivity index (χ3n) is 3.59. The lowest BCUT2D eigenvalue weighted by molar-refractivity contribution is -0.148. The van der Waals surface area contributed by atoms with Crippen molar-refractivity contribution in [2.24, 2.45) is 0 Å². The van der Waals surface area contributed by atoms with Crippen molar-refractivity contribution < 1.29 is 22.7 Å². The van der Waals surface area contributed by atoms with Crippen molar-refractivity contribution in [3.63, 3.8) is 0 Å². The summed E-state index contributed by atoms with van der Waals surface area (Å²) in [7, 11) is -3.73. The minimum Gasteiger partial charge on any atom is -0.456 e. The van der Waals surface area contributed by atoms with Crippen LogP contribution < -0.4 is 10.0 Å². The van der Waals surface area contributed by atoms with E-state index in [0.29, 0.717) is 6.54 Å². The van der Waals surface area contributed by atoms with Crippen molar-refractivity contribution in [3.8, 4) is 0 Å². The Kier molecular flexibility index (Phi) is 7.11. The fourth-order valence-corrected chi connectivity index (χ4v) is 3.31. The van der Waals surface area contributed by atoms with E-state index >= 15 is 0 Å². The van der Waals surface area contributed by atoms with E-state index in [-0.39, 0.29) is 30.4 Å². The van der Waals surface area contributed by atoms with E-state index in [0.717, 1.165) is 17.2 Å². The van der Waals surface area contributed by atoms with Gasteiger partial charge in [-0.2, -0.15) is 0 Å². The maximum absolute atomic E-state index is 12.3. The summed E-state index contributed by atoms with van der Waals surface area (Å²) in [5.41, 5.74) is 0. The molecule has 2 aromatic carbocycles. The van der Waals surface area contributed by atoms with Crippen LogP contribution in [0.2, 0.25) is 0 Å². The van der Waals surface area contributed by atoms with Gasteiger partial charge in [-0.1, -0.05) is 37.3 Å². The Morgan fingerprint density at radius 1 is 1.04 bits per heavy atom. The second-order valence-corrected chi connectivity index (χ2v) is 7.43. The number of hydrogen-bond acceptors (Lipinski definition) is 5. The Labute approximate surface area is 152 Å². The number of nitrogens with one attached hydrogen (secondary N) is 2. The number of hydrogen-bond donors (Lipinski definition) is 2. The average molecular weight is 378 g/mol. The van der Waals surface area contributed by atoms with E-state index < -0.39 is 16.0 Å². The number of esters is 1. The lowest BCUT2D eigenvalue weighted by Crippen LogP contribution is -2.30. The molecule has 0 bridgehead atoms. The molecule has 7 nitrogen and oxygen atoms in total. The number of ether oxygens (including phenoxy) is 1. The second kappa shape index (κ2) is 9.30. The zero-order valence-electron chi connectivity index (χ0n) is 14.5. The number of fused-ring (bicyclic) bond motifs is 1. The Bertz CT molecular complexity index is 880. The molecule has 8 heteroatoms. The maximum Gasteiger partial charge on any atom is 0.307 e. The number of carbonyl (C=O) groups is 2. The highest BCUT2D eigenvalue weighted by Gasteiger charge is 2.15. The van der Waals surface area contributed by atoms with Gasteiger partial charge < -0.3 is 10.1 Å². The topological polar surface area (TPSA) is 102 Å². The highest BCUT2D eigenvalue weighted by molar-refractivity contribution is 7.89. The second-order valence-electron chi connectivity index (χ2n) is 5.67. The number of amides is 1. The quantitative estimate of drug-likeness (QED) is 0.645. The highest BCUT2D eigenvalue weighted by Crippen LogP contribution is 2.18. The third kappa shape index (κ3) is 5.82. The van der Waals surface area contributed by atoms with Crippen LogP contribution in [-0.4, -0.2) is 40.0 Å². The average Bonchev–Trinajstić information content (AvgIpc) is 2.64. The summed E-state index contributed by atoms with van der Waals surface area (Å²) in [4.78, 5) is 23.0. The van der Waals surface area contributed by atoms with Crippen LogP contribution in [0.1, 0.15) is 19.8 Å². The lowest BCUT2D eigenvalue weighted by atomic mass is 10.1. The van der Waals surface area contributed by atoms with Crippen molar-refractivity contribution in [3.05, 3.63) is 42.5 Å². The first-order valence-corrected chi connectivity index (χ1v) is 9.81. The molecule has 2 rings (SSSR count). The fourth-order valence-electron chi connectivity index (χ4n) is 2.24. The zero-order valence-corrected chi connectivity index (χ0v) is 15.3. The van der Waals surface area contributed by atoms with E-state index in [1.165, 1.54) is 6.07 Å². The van der Waals surface area contributed by atoms with E-state index in [1.54, 1.807) is 12.1 Å². The van der Waals surface area contributed by atoms with Crippen LogP contribution in [0.25, 0.3) is 10.8 Å². The van der Waals surface area contributed by atoms with Gasteiger partial charge in [-0.05, 0) is 29.3 Å². The summed E-state index contributed by atoms with van der Waals surface area (Å²) in [5, 5.41) is 4.33. The third-order valence-corrected chi connectivity index (χ3v) is 5.05. The molecule has 0 aliphatic heterocycles. The molecular weight excluding hydrogens is 356 g/mol. The van der Waals surface area contributed by atoms with Gasteiger partial charge in [0.1, 0.15) is 0 Å². The number of rotatable bonds is 9. The molecule has 2 N–H and O–H groups in total. The smallest absolute Gasteiger partial charge is 0.307 e. The van der Waals surface area contributed by atoms with Crippen molar-refractivity contribution in [2.45, 2.75) is 24.7 Å². The van der Waals surface area contributed by atoms with Crippen LogP contribution in [-0.2, 0) is 24.3 Å². The van der Waals surface area contributed by atoms with Gasteiger partial charge in [0.05, 0.1) is 11.3 Å². The molecule has 140 valence electrons. The predicted molar refractivity (Wildman–Crippen MR) is 98.0 cm³/mol. The molecule has 0 unspecified atom stereocenters. The SMILES string of the molecule is CCCNC(=O)COC(=O)CCNS(=O)(=O)c1ccc2ccccc2c1. The Morgan fingerprint density at radius 3 is 2.50 bits per heavy atom. The summed E-state index contributed by atoms with van der Waals surface area (Å²) >= 11 is 0. The van der Waals surface area contributed by atoms with Crippen molar-refractivity contribution in [2.75, 3.05) is 19.7 Å². The molecule has 0 atom stereocenters. The van der Waals surface area contributed by atoms with Gasteiger partial charge in [-0.25, -0.2) is 13.1 Å². The Morgan fingerprint density at radius 2 is 1.77 bits per heavy atom. The molecule has 0 saturated carbocycles. The van der Waals surface area contributed by atoms with Gasteiger partial charge in [0, 0.05) is 13.1 Å². The summed E-state index contributed by atoms with van der Waals surface area (Å²) < 4.78 is 31.8. The molecule has 0 aliphatic carbocycles. The van der Waals surface area contributed by atoms with Crippen molar-refractivity contribution >= 4 is 32.7 Å². The largest absolute Gasteiger partial charge is 0.456 e. The van der Waals surface area contributed by atoms with E-state index in [1.807, 2.05) is 31.2 Å². The molecule has 0 fully saturated rings. The first-order valence-electron chi connectivity index (χ1n) is 8.33. The first kappa shape index (κ1) is 19.9. The molecule has 2 aromatic rings. The molecule has 0 saturated heterocycles. The Hall–Kier alpha value is -2.45. The Balaban J connectivity index is 1.83. The number of carbonyl (C=O) groups excluding carboxylic acids is 2. The zero-order chi connectivity index (χ0) is 19.0. The molecule has 0 radical (unpaired) electrons. The predicted octanol–water partition coefficient (Wildman–Crippen LogP) is 1.58. The van der Waals surface area contributed by atoms with Crippen LogP contribution in [0.15, 0.2) is 47.4 Å². The van der Waals surface area contributed by atoms with Gasteiger partial charge in [0.15, 0.2) is 6.61 Å². The fraction of sp³-hybridized carbons (Fsp3) is 0.333. The minimum absolute atomic E-state index is 0.107. The molecule has 0 spiro atoms. The summed E-state index contributed by atoms with van der Waals surface area (Å²) in [6.45, 7) is 1.96. The first-order chi connectivity index (χ1) is 12.4. The summed E-state index contributed by atoms with van der Waals surface area (Å²) in [6.07, 6.45) is 0.629. The van der Waals surface area contributed by atoms with Gasteiger partial charge in [0.25, 0.3) is 5.91 Å². The minimum atomic E-state index is -3.73. The molecule has 26 heavy (non-hydrogen) atoms. The number of benzene rings is 2. The van der Waals surface area contributed by atoms with Crippen molar-refractivity contribution in [1.29, 1.82) is 0 Å². The molecular formula is C18H22N2O5S. The van der Waals surface area contributed by atoms with Crippen LogP contribution in [0.5, 0.6) is 0 Å². The van der Waals surface area contributed by atoms with Crippen molar-refractivity contribution in [1.82, 2.24) is 10.0 Å². The van der Waals surface area contributed by atoms with E-state index in [4.69, 9.17) is 4.74 Å². The lowest BCUT2D eigenvalue weighted by Gasteiger charge is -2.08. The standard InChI is InChI=1S/C18H22N2O5S/c1-2-10-19-17(21)13-25-18(22)9-11-20-26(23,24)16-8-7-14-5-3-4-6-15(14)12-16/h3-8,12,20H,2,9-11,13H2,1H3,(H,19,21). The van der Waals surface area contributed by atoms with E-state index in [9.17, 15) is 18.0 Å². The van der Waals surface area contributed by atoms with Crippen LogP contribution >= 0.6 is 0 Å². The number of sulfonamides is 1. The maximum atomic E-state index is 12.3. The molecule has 0 heterocycles. The van der Waals surface area contributed by atoms with E-state index in [2.05, 4.69) is 10.0 Å². The van der Waals surface area contributed by atoms with Crippen LogP contribution in [0.3, 0.4) is 0 Å². The highest BCUT2D eigenvalue weighted by atomic mass is 32.2. The van der Waals surface area contributed by atoms with Gasteiger partial charge in [0.2, 0.25) is 10.0 Å². The normalized spacial score (nSPS) is 11.3. The molecule has 0 aromatic heterocycles. The van der Waals surface area contributed by atoms with Gasteiger partial charge in [-0.15, -0.1) is 0 Å². The molecule has 1 amide bonds.